The highest BCUT2D eigenvalue weighted by atomic mass is 14.9. The largest absolute Gasteiger partial charge is 0.326 e. The van der Waals surface area contributed by atoms with E-state index in [0.717, 1.165) is 12.6 Å². The minimum absolute atomic E-state index is 0.636. The van der Waals surface area contributed by atoms with Gasteiger partial charge in [-0.1, -0.05) is 24.3 Å². The maximum Gasteiger partial charge on any atom is 0.0208 e. The molecule has 1 aliphatic carbocycles. The Bertz CT molecular complexity index is 279. The lowest BCUT2D eigenvalue weighted by atomic mass is 10.1. The summed E-state index contributed by atoms with van der Waals surface area (Å²) >= 11 is 0. The van der Waals surface area contributed by atoms with Gasteiger partial charge >= 0.3 is 0 Å². The third-order valence-corrected chi connectivity index (χ3v) is 2.40. The molecular weight excluding hydrogens is 160 g/mol. The van der Waals surface area contributed by atoms with Gasteiger partial charge in [0.1, 0.15) is 0 Å². The lowest BCUT2D eigenvalue weighted by Gasteiger charge is -2.04. The van der Waals surface area contributed by atoms with Crippen LogP contribution in [0.3, 0.4) is 0 Å². The molecule has 0 heterocycles. The Hall–Kier alpha value is -0.860. The summed E-state index contributed by atoms with van der Waals surface area (Å²) in [6.07, 6.45) is 2.69. The van der Waals surface area contributed by atoms with Crippen LogP contribution in [-0.2, 0) is 13.1 Å². The van der Waals surface area contributed by atoms with E-state index in [-0.39, 0.29) is 0 Å². The van der Waals surface area contributed by atoms with Crippen LogP contribution in [0.15, 0.2) is 24.3 Å². The predicted octanol–water partition coefficient (Wildman–Crippen LogP) is 1.40. The summed E-state index contributed by atoms with van der Waals surface area (Å²) in [7, 11) is 0. The van der Waals surface area contributed by atoms with Crippen molar-refractivity contribution in [3.8, 4) is 0 Å². The molecule has 1 aromatic rings. The monoisotopic (exact) mass is 176 g/mol. The standard InChI is InChI=1S/C11H16N2/c12-7-9-2-1-3-10(6-9)8-13-11-4-5-11/h1-3,6,11,13H,4-5,7-8,12H2. The van der Waals surface area contributed by atoms with E-state index < -0.39 is 0 Å². The van der Waals surface area contributed by atoms with Crippen LogP contribution in [0.5, 0.6) is 0 Å². The first-order chi connectivity index (χ1) is 6.38. The molecule has 1 fully saturated rings. The van der Waals surface area contributed by atoms with E-state index in [2.05, 4.69) is 29.6 Å². The van der Waals surface area contributed by atoms with Crippen LogP contribution in [0.1, 0.15) is 24.0 Å². The van der Waals surface area contributed by atoms with E-state index in [9.17, 15) is 0 Å². The summed E-state index contributed by atoms with van der Waals surface area (Å²) in [6.45, 7) is 1.62. The van der Waals surface area contributed by atoms with Gasteiger partial charge in [0.05, 0.1) is 0 Å². The van der Waals surface area contributed by atoms with Crippen LogP contribution in [0, 0.1) is 0 Å². The smallest absolute Gasteiger partial charge is 0.0208 e. The van der Waals surface area contributed by atoms with Gasteiger partial charge in [0.2, 0.25) is 0 Å². The molecule has 0 radical (unpaired) electrons. The number of hydrogen-bond acceptors (Lipinski definition) is 2. The first-order valence-electron chi connectivity index (χ1n) is 4.90. The van der Waals surface area contributed by atoms with Gasteiger partial charge in [-0.05, 0) is 24.0 Å². The number of nitrogens with two attached hydrogens (primary N) is 1. The normalized spacial score (nSPS) is 16.1. The Morgan fingerprint density at radius 1 is 1.31 bits per heavy atom. The van der Waals surface area contributed by atoms with Gasteiger partial charge in [-0.3, -0.25) is 0 Å². The predicted molar refractivity (Wildman–Crippen MR) is 54.2 cm³/mol. The number of hydrogen-bond donors (Lipinski definition) is 2. The average molecular weight is 176 g/mol. The summed E-state index contributed by atoms with van der Waals surface area (Å²) in [4.78, 5) is 0. The van der Waals surface area contributed by atoms with Gasteiger partial charge in [0.25, 0.3) is 0 Å². The average Bonchev–Trinajstić information content (AvgIpc) is 2.99. The summed E-state index contributed by atoms with van der Waals surface area (Å²) in [6, 6.07) is 9.25. The second-order valence-corrected chi connectivity index (χ2v) is 3.68. The highest BCUT2D eigenvalue weighted by molar-refractivity contribution is 5.23. The van der Waals surface area contributed by atoms with E-state index in [0.29, 0.717) is 6.54 Å². The van der Waals surface area contributed by atoms with Crippen molar-refractivity contribution in [2.24, 2.45) is 5.73 Å². The number of benzene rings is 1. The van der Waals surface area contributed by atoms with Crippen LogP contribution >= 0.6 is 0 Å². The summed E-state index contributed by atoms with van der Waals surface area (Å²) in [5, 5.41) is 3.48. The van der Waals surface area contributed by atoms with Gasteiger partial charge in [-0.2, -0.15) is 0 Å². The van der Waals surface area contributed by atoms with E-state index in [4.69, 9.17) is 5.73 Å². The van der Waals surface area contributed by atoms with Crippen molar-refractivity contribution in [3.05, 3.63) is 35.4 Å². The third-order valence-electron chi connectivity index (χ3n) is 2.40. The Morgan fingerprint density at radius 2 is 2.08 bits per heavy atom. The van der Waals surface area contributed by atoms with Gasteiger partial charge in [0.15, 0.2) is 0 Å². The topological polar surface area (TPSA) is 38.0 Å². The number of rotatable bonds is 4. The fourth-order valence-electron chi connectivity index (χ4n) is 1.42. The Kier molecular flexibility index (Phi) is 2.62. The molecular formula is C11H16N2. The molecule has 0 aliphatic heterocycles. The first kappa shape index (κ1) is 8.73. The molecule has 1 saturated carbocycles. The molecule has 0 spiro atoms. The third kappa shape index (κ3) is 2.54. The molecule has 0 atom stereocenters. The zero-order chi connectivity index (χ0) is 9.10. The molecule has 2 rings (SSSR count). The minimum Gasteiger partial charge on any atom is -0.326 e. The van der Waals surface area contributed by atoms with Crippen molar-refractivity contribution in [1.82, 2.24) is 5.32 Å². The maximum absolute atomic E-state index is 5.57. The molecule has 2 nitrogen and oxygen atoms in total. The van der Waals surface area contributed by atoms with Crippen molar-refractivity contribution >= 4 is 0 Å². The highest BCUT2D eigenvalue weighted by Gasteiger charge is 2.19. The fourth-order valence-corrected chi connectivity index (χ4v) is 1.42. The zero-order valence-corrected chi connectivity index (χ0v) is 7.79. The molecule has 0 amide bonds. The quantitative estimate of drug-likeness (QED) is 0.727. The zero-order valence-electron chi connectivity index (χ0n) is 7.79. The first-order valence-corrected chi connectivity index (χ1v) is 4.90. The molecule has 0 aromatic heterocycles. The van der Waals surface area contributed by atoms with Crippen molar-refractivity contribution in [2.75, 3.05) is 0 Å². The summed E-state index contributed by atoms with van der Waals surface area (Å²) < 4.78 is 0. The van der Waals surface area contributed by atoms with Crippen LogP contribution in [-0.4, -0.2) is 6.04 Å². The van der Waals surface area contributed by atoms with Crippen LogP contribution in [0.25, 0.3) is 0 Å². The van der Waals surface area contributed by atoms with Crippen LogP contribution in [0.4, 0.5) is 0 Å². The Balaban J connectivity index is 1.93. The molecule has 0 unspecified atom stereocenters. The Morgan fingerprint density at radius 3 is 2.77 bits per heavy atom. The minimum atomic E-state index is 0.636. The molecule has 13 heavy (non-hydrogen) atoms. The second kappa shape index (κ2) is 3.90. The number of nitrogens with one attached hydrogen (secondary N) is 1. The van der Waals surface area contributed by atoms with E-state index in [1.54, 1.807) is 0 Å². The van der Waals surface area contributed by atoms with E-state index in [1.807, 2.05) is 0 Å². The Labute approximate surface area is 79.1 Å². The van der Waals surface area contributed by atoms with Gasteiger partial charge in [-0.25, -0.2) is 0 Å². The molecule has 1 aromatic carbocycles. The van der Waals surface area contributed by atoms with Gasteiger partial charge < -0.3 is 11.1 Å². The fraction of sp³-hybridized carbons (Fsp3) is 0.455. The molecule has 0 bridgehead atoms. The van der Waals surface area contributed by atoms with Crippen LogP contribution in [0.2, 0.25) is 0 Å². The maximum atomic E-state index is 5.57. The lowest BCUT2D eigenvalue weighted by molar-refractivity contribution is 0.687. The van der Waals surface area contributed by atoms with Gasteiger partial charge in [0, 0.05) is 19.1 Å². The van der Waals surface area contributed by atoms with Crippen molar-refractivity contribution < 1.29 is 0 Å². The van der Waals surface area contributed by atoms with Gasteiger partial charge in [-0.15, -0.1) is 0 Å². The van der Waals surface area contributed by atoms with Crippen molar-refractivity contribution in [2.45, 2.75) is 32.0 Å². The van der Waals surface area contributed by atoms with Crippen molar-refractivity contribution in [3.63, 3.8) is 0 Å². The second-order valence-electron chi connectivity index (χ2n) is 3.68. The lowest BCUT2D eigenvalue weighted by Crippen LogP contribution is -2.15. The molecule has 2 heteroatoms. The molecule has 70 valence electrons. The van der Waals surface area contributed by atoms with Crippen molar-refractivity contribution in [1.29, 1.82) is 0 Å². The molecule has 1 aliphatic rings. The molecule has 3 N–H and O–H groups in total. The molecule has 0 saturated heterocycles. The SMILES string of the molecule is NCc1cccc(CNC2CC2)c1. The van der Waals surface area contributed by atoms with Crippen LogP contribution < -0.4 is 11.1 Å². The summed E-state index contributed by atoms with van der Waals surface area (Å²) in [5.41, 5.74) is 8.13. The highest BCUT2D eigenvalue weighted by Crippen LogP contribution is 2.19. The summed E-state index contributed by atoms with van der Waals surface area (Å²) in [5.74, 6) is 0. The van der Waals surface area contributed by atoms with E-state index in [1.165, 1.54) is 24.0 Å². The van der Waals surface area contributed by atoms with E-state index >= 15 is 0 Å².